The summed E-state index contributed by atoms with van der Waals surface area (Å²) in [6, 6.07) is 0. The third-order valence-corrected chi connectivity index (χ3v) is 3.19. The van der Waals surface area contributed by atoms with Crippen molar-refractivity contribution in [3.05, 3.63) is 16.0 Å². The molecule has 0 atom stereocenters. The molecule has 0 spiro atoms. The lowest BCUT2D eigenvalue weighted by Crippen LogP contribution is -2.13. The molecule has 0 unspecified atom stereocenters. The molecule has 90 valence electrons. The van der Waals surface area contributed by atoms with Gasteiger partial charge in [0.1, 0.15) is 5.00 Å². The average molecular weight is 243 g/mol. The predicted octanol–water partition coefficient (Wildman–Crippen LogP) is 2.35. The molecule has 5 heteroatoms. The van der Waals surface area contributed by atoms with Gasteiger partial charge in [-0.05, 0) is 26.3 Å². The summed E-state index contributed by atoms with van der Waals surface area (Å²) >= 11 is 1.37. The molecule has 0 saturated heterocycles. The number of nitrogen functional groups attached to an aromatic ring is 1. The van der Waals surface area contributed by atoms with Gasteiger partial charge in [0.05, 0.1) is 18.3 Å². The van der Waals surface area contributed by atoms with Crippen LogP contribution in [0.2, 0.25) is 0 Å². The molecule has 0 bridgehead atoms. The van der Waals surface area contributed by atoms with Gasteiger partial charge in [-0.15, -0.1) is 11.3 Å². The minimum atomic E-state index is -0.358. The summed E-state index contributed by atoms with van der Waals surface area (Å²) in [5.41, 5.74) is 7.15. The smallest absolute Gasteiger partial charge is 0.341 e. The Morgan fingerprint density at radius 1 is 1.50 bits per heavy atom. The van der Waals surface area contributed by atoms with E-state index in [-0.39, 0.29) is 12.1 Å². The van der Waals surface area contributed by atoms with Gasteiger partial charge in [0.2, 0.25) is 0 Å². The van der Waals surface area contributed by atoms with Crippen LogP contribution in [0.25, 0.3) is 0 Å². The fraction of sp³-hybridized carbons (Fsp3) is 0.545. The Morgan fingerprint density at radius 3 is 2.62 bits per heavy atom. The molecule has 0 saturated carbocycles. The van der Waals surface area contributed by atoms with Crippen LogP contribution in [-0.4, -0.2) is 19.2 Å². The van der Waals surface area contributed by atoms with Crippen LogP contribution in [0, 0.1) is 6.92 Å². The van der Waals surface area contributed by atoms with Crippen molar-refractivity contribution >= 4 is 22.3 Å². The summed E-state index contributed by atoms with van der Waals surface area (Å²) < 4.78 is 10.2. The quantitative estimate of drug-likeness (QED) is 0.825. The van der Waals surface area contributed by atoms with Crippen LogP contribution >= 0.6 is 11.3 Å². The highest BCUT2D eigenvalue weighted by atomic mass is 32.1. The zero-order valence-electron chi connectivity index (χ0n) is 9.99. The standard InChI is InChI=1S/C11H17NO3S/c1-6(2)15-11(13)9-7(3)8(5-14-4)16-10(9)12/h6H,5,12H2,1-4H3. The summed E-state index contributed by atoms with van der Waals surface area (Å²) in [5, 5.41) is 0.496. The van der Waals surface area contributed by atoms with Crippen molar-refractivity contribution in [1.82, 2.24) is 0 Å². The van der Waals surface area contributed by atoms with Gasteiger partial charge in [-0.3, -0.25) is 0 Å². The number of carbonyl (C=O) groups is 1. The van der Waals surface area contributed by atoms with Gasteiger partial charge in [0, 0.05) is 12.0 Å². The average Bonchev–Trinajstić information content (AvgIpc) is 2.41. The Bertz CT molecular complexity index is 385. The van der Waals surface area contributed by atoms with Crippen molar-refractivity contribution < 1.29 is 14.3 Å². The maximum Gasteiger partial charge on any atom is 0.341 e. The van der Waals surface area contributed by atoms with Gasteiger partial charge in [0.25, 0.3) is 0 Å². The van der Waals surface area contributed by atoms with Crippen LogP contribution in [-0.2, 0) is 16.1 Å². The fourth-order valence-electron chi connectivity index (χ4n) is 1.38. The van der Waals surface area contributed by atoms with Gasteiger partial charge in [-0.2, -0.15) is 0 Å². The van der Waals surface area contributed by atoms with Crippen LogP contribution in [0.5, 0.6) is 0 Å². The van der Waals surface area contributed by atoms with Gasteiger partial charge in [-0.25, -0.2) is 4.79 Å². The highest BCUT2D eigenvalue weighted by Crippen LogP contribution is 2.31. The second-order valence-corrected chi connectivity index (χ2v) is 4.91. The second kappa shape index (κ2) is 5.32. The third-order valence-electron chi connectivity index (χ3n) is 2.10. The van der Waals surface area contributed by atoms with E-state index in [2.05, 4.69) is 0 Å². The van der Waals surface area contributed by atoms with E-state index in [4.69, 9.17) is 15.2 Å². The van der Waals surface area contributed by atoms with Crippen LogP contribution in [0.1, 0.15) is 34.6 Å². The van der Waals surface area contributed by atoms with Gasteiger partial charge in [0.15, 0.2) is 0 Å². The van der Waals surface area contributed by atoms with Crippen molar-refractivity contribution in [2.45, 2.75) is 33.5 Å². The normalized spacial score (nSPS) is 10.8. The lowest BCUT2D eigenvalue weighted by atomic mass is 10.1. The van der Waals surface area contributed by atoms with E-state index in [0.29, 0.717) is 17.2 Å². The molecule has 16 heavy (non-hydrogen) atoms. The number of nitrogens with two attached hydrogens (primary N) is 1. The van der Waals surface area contributed by atoms with Crippen LogP contribution in [0.4, 0.5) is 5.00 Å². The topological polar surface area (TPSA) is 61.5 Å². The van der Waals surface area contributed by atoms with Crippen LogP contribution in [0.15, 0.2) is 0 Å². The summed E-state index contributed by atoms with van der Waals surface area (Å²) in [4.78, 5) is 12.7. The Balaban J connectivity index is 2.99. The van der Waals surface area contributed by atoms with E-state index in [9.17, 15) is 4.79 Å². The minimum Gasteiger partial charge on any atom is -0.459 e. The first-order chi connectivity index (χ1) is 7.47. The zero-order valence-corrected chi connectivity index (χ0v) is 10.8. The largest absolute Gasteiger partial charge is 0.459 e. The predicted molar refractivity (Wildman–Crippen MR) is 64.7 cm³/mol. The van der Waals surface area contributed by atoms with Crippen LogP contribution in [0.3, 0.4) is 0 Å². The highest BCUT2D eigenvalue weighted by Gasteiger charge is 2.21. The van der Waals surface area contributed by atoms with Gasteiger partial charge in [-0.1, -0.05) is 0 Å². The van der Waals surface area contributed by atoms with E-state index in [1.54, 1.807) is 7.11 Å². The molecular formula is C11H17NO3S. The summed E-state index contributed by atoms with van der Waals surface area (Å²) in [5.74, 6) is -0.358. The first kappa shape index (κ1) is 13.0. The molecule has 1 aromatic heterocycles. The van der Waals surface area contributed by atoms with E-state index < -0.39 is 0 Å². The number of carbonyl (C=O) groups excluding carboxylic acids is 1. The molecule has 1 heterocycles. The van der Waals surface area contributed by atoms with E-state index >= 15 is 0 Å². The third kappa shape index (κ3) is 2.74. The number of thiophene rings is 1. The molecule has 0 aromatic carbocycles. The molecule has 4 nitrogen and oxygen atoms in total. The summed E-state index contributed by atoms with van der Waals surface area (Å²) in [6.45, 7) is 5.95. The van der Waals surface area contributed by atoms with Gasteiger partial charge >= 0.3 is 5.97 Å². The number of ether oxygens (including phenoxy) is 2. The first-order valence-corrected chi connectivity index (χ1v) is 5.86. The lowest BCUT2D eigenvalue weighted by Gasteiger charge is -2.08. The molecule has 0 aliphatic carbocycles. The van der Waals surface area contributed by atoms with Crippen molar-refractivity contribution in [3.8, 4) is 0 Å². The molecule has 1 rings (SSSR count). The number of anilines is 1. The minimum absolute atomic E-state index is 0.142. The Kier molecular flexibility index (Phi) is 4.32. The van der Waals surface area contributed by atoms with Crippen LogP contribution < -0.4 is 5.73 Å². The Morgan fingerprint density at radius 2 is 2.12 bits per heavy atom. The van der Waals surface area contributed by atoms with Crippen molar-refractivity contribution in [2.24, 2.45) is 0 Å². The number of esters is 1. The molecule has 0 aliphatic rings. The van der Waals surface area contributed by atoms with E-state index in [1.807, 2.05) is 20.8 Å². The SMILES string of the molecule is COCc1sc(N)c(C(=O)OC(C)C)c1C. The number of hydrogen-bond donors (Lipinski definition) is 1. The molecule has 0 amide bonds. The second-order valence-electron chi connectivity index (χ2n) is 3.78. The van der Waals surface area contributed by atoms with E-state index in [1.165, 1.54) is 11.3 Å². The molecule has 0 aliphatic heterocycles. The number of rotatable bonds is 4. The first-order valence-electron chi connectivity index (χ1n) is 5.05. The van der Waals surface area contributed by atoms with Crippen molar-refractivity contribution in [2.75, 3.05) is 12.8 Å². The molecule has 0 fully saturated rings. The van der Waals surface area contributed by atoms with Gasteiger partial charge < -0.3 is 15.2 Å². The lowest BCUT2D eigenvalue weighted by molar-refractivity contribution is 0.0378. The maximum atomic E-state index is 11.8. The highest BCUT2D eigenvalue weighted by molar-refractivity contribution is 7.16. The monoisotopic (exact) mass is 243 g/mol. The van der Waals surface area contributed by atoms with Crippen molar-refractivity contribution in [3.63, 3.8) is 0 Å². The van der Waals surface area contributed by atoms with E-state index in [0.717, 1.165) is 10.4 Å². The maximum absolute atomic E-state index is 11.8. The molecule has 0 radical (unpaired) electrons. The Hall–Kier alpha value is -1.07. The molecule has 2 N–H and O–H groups in total. The fourth-order valence-corrected chi connectivity index (χ4v) is 2.42. The summed E-state index contributed by atoms with van der Waals surface area (Å²) in [6.07, 6.45) is -0.142. The number of hydrogen-bond acceptors (Lipinski definition) is 5. The molecular weight excluding hydrogens is 226 g/mol. The zero-order chi connectivity index (χ0) is 12.3. The number of methoxy groups -OCH3 is 1. The molecule has 1 aromatic rings. The summed E-state index contributed by atoms with van der Waals surface area (Å²) in [7, 11) is 1.61. The Labute approximate surface area is 99.4 Å². The van der Waals surface area contributed by atoms with Crippen molar-refractivity contribution in [1.29, 1.82) is 0 Å².